The predicted octanol–water partition coefficient (Wildman–Crippen LogP) is 4.53. The average molecular weight is 399 g/mol. The molecule has 3 aromatic rings. The molecule has 4 rings (SSSR count). The smallest absolute Gasteiger partial charge is 0.251 e. The third-order valence-electron chi connectivity index (χ3n) is 4.82. The van der Waals surface area contributed by atoms with Crippen LogP contribution in [0.3, 0.4) is 0 Å². The summed E-state index contributed by atoms with van der Waals surface area (Å²) < 4.78 is 5.65. The second-order valence-corrected chi connectivity index (χ2v) is 8.48. The van der Waals surface area contributed by atoms with Crippen molar-refractivity contribution in [1.82, 2.24) is 10.2 Å². The fourth-order valence-electron chi connectivity index (χ4n) is 3.31. The number of rotatable bonds is 6. The zero-order valence-electron chi connectivity index (χ0n) is 15.0. The second kappa shape index (κ2) is 8.78. The average Bonchev–Trinajstić information content (AvgIpc) is 3.43. The van der Waals surface area contributed by atoms with Gasteiger partial charge >= 0.3 is 0 Å². The Kier molecular flexibility index (Phi) is 5.97. The van der Waals surface area contributed by atoms with E-state index in [2.05, 4.69) is 27.0 Å². The molecule has 4 nitrogen and oxygen atoms in total. The molecule has 6 heteroatoms. The molecule has 0 saturated carbocycles. The number of nitrogens with zero attached hydrogens (tertiary/aromatic N) is 1. The lowest BCUT2D eigenvalue weighted by molar-refractivity contribution is 0.0929. The van der Waals surface area contributed by atoms with Gasteiger partial charge < -0.3 is 9.73 Å². The van der Waals surface area contributed by atoms with Crippen LogP contribution in [0.2, 0.25) is 0 Å². The Morgan fingerprint density at radius 2 is 1.93 bits per heavy atom. The number of carbonyl (C=O) groups is 1. The summed E-state index contributed by atoms with van der Waals surface area (Å²) in [5.41, 5.74) is 3.00. The Hall–Kier alpha value is -2.02. The molecule has 0 bridgehead atoms. The molecular formula is C21H22N2O2S2. The van der Waals surface area contributed by atoms with E-state index in [4.69, 9.17) is 4.42 Å². The van der Waals surface area contributed by atoms with Gasteiger partial charge in [-0.3, -0.25) is 9.69 Å². The molecule has 3 heterocycles. The van der Waals surface area contributed by atoms with Crippen molar-refractivity contribution in [3.8, 4) is 11.1 Å². The van der Waals surface area contributed by atoms with Crippen molar-refractivity contribution >= 4 is 29.0 Å². The van der Waals surface area contributed by atoms with E-state index >= 15 is 0 Å². The zero-order chi connectivity index (χ0) is 18.5. The fraction of sp³-hybridized carbons (Fsp3) is 0.286. The second-order valence-electron chi connectivity index (χ2n) is 6.48. The van der Waals surface area contributed by atoms with E-state index in [1.54, 1.807) is 17.6 Å². The van der Waals surface area contributed by atoms with Gasteiger partial charge in [-0.15, -0.1) is 0 Å². The molecule has 0 spiro atoms. The van der Waals surface area contributed by atoms with Crippen molar-refractivity contribution in [1.29, 1.82) is 0 Å². The number of hydrogen-bond donors (Lipinski definition) is 1. The number of benzene rings is 1. The lowest BCUT2D eigenvalue weighted by atomic mass is 10.1. The van der Waals surface area contributed by atoms with Gasteiger partial charge in [-0.25, -0.2) is 0 Å². The number of furan rings is 1. The maximum atomic E-state index is 12.6. The third-order valence-corrected chi connectivity index (χ3v) is 6.44. The highest BCUT2D eigenvalue weighted by molar-refractivity contribution is 7.99. The molecule has 0 aliphatic carbocycles. The van der Waals surface area contributed by atoms with E-state index in [1.165, 1.54) is 5.56 Å². The van der Waals surface area contributed by atoms with Crippen molar-refractivity contribution < 1.29 is 9.21 Å². The Balaban J connectivity index is 1.41. The minimum absolute atomic E-state index is 0.0465. The minimum atomic E-state index is -0.0465. The summed E-state index contributed by atoms with van der Waals surface area (Å²) in [6.07, 6.45) is 1.70. The Labute approximate surface area is 167 Å². The molecule has 1 aliphatic heterocycles. The van der Waals surface area contributed by atoms with Crippen LogP contribution in [0.1, 0.15) is 22.2 Å². The lowest BCUT2D eigenvalue weighted by Crippen LogP contribution is -2.41. The molecule has 1 saturated heterocycles. The summed E-state index contributed by atoms with van der Waals surface area (Å²) in [4.78, 5) is 15.0. The van der Waals surface area contributed by atoms with Crippen molar-refractivity contribution in [3.63, 3.8) is 0 Å². The molecule has 0 unspecified atom stereocenters. The van der Waals surface area contributed by atoms with Crippen LogP contribution in [-0.4, -0.2) is 41.9 Å². The van der Waals surface area contributed by atoms with Crippen LogP contribution in [0.15, 0.2) is 63.9 Å². The van der Waals surface area contributed by atoms with Gasteiger partial charge in [-0.2, -0.15) is 23.1 Å². The van der Waals surface area contributed by atoms with Gasteiger partial charge in [0.25, 0.3) is 5.91 Å². The molecular weight excluding hydrogens is 376 g/mol. The number of thiophene rings is 1. The lowest BCUT2D eigenvalue weighted by Gasteiger charge is -2.33. The highest BCUT2D eigenvalue weighted by Crippen LogP contribution is 2.25. The van der Waals surface area contributed by atoms with Crippen LogP contribution in [0.25, 0.3) is 11.1 Å². The van der Waals surface area contributed by atoms with E-state index in [9.17, 15) is 4.79 Å². The number of thioether (sulfide) groups is 1. The normalized spacial score (nSPS) is 16.1. The van der Waals surface area contributed by atoms with Gasteiger partial charge in [0.15, 0.2) is 0 Å². The Bertz CT molecular complexity index is 839. The van der Waals surface area contributed by atoms with Crippen LogP contribution in [0.4, 0.5) is 0 Å². The molecule has 2 aromatic heterocycles. The number of carbonyl (C=O) groups excluding carboxylic acids is 1. The highest BCUT2D eigenvalue weighted by Gasteiger charge is 2.25. The fourth-order valence-corrected chi connectivity index (χ4v) is 4.91. The number of amides is 1. The van der Waals surface area contributed by atoms with Gasteiger partial charge in [0.05, 0.1) is 12.3 Å². The molecule has 27 heavy (non-hydrogen) atoms. The zero-order valence-corrected chi connectivity index (χ0v) is 16.6. The minimum Gasteiger partial charge on any atom is -0.468 e. The summed E-state index contributed by atoms with van der Waals surface area (Å²) in [5.74, 6) is 3.11. The van der Waals surface area contributed by atoms with Crippen LogP contribution in [-0.2, 0) is 0 Å². The van der Waals surface area contributed by atoms with Crippen molar-refractivity contribution in [3.05, 3.63) is 70.8 Å². The van der Waals surface area contributed by atoms with Crippen LogP contribution >= 0.6 is 23.1 Å². The van der Waals surface area contributed by atoms with E-state index in [-0.39, 0.29) is 11.9 Å². The van der Waals surface area contributed by atoms with Crippen molar-refractivity contribution in [2.45, 2.75) is 6.04 Å². The summed E-state index contributed by atoms with van der Waals surface area (Å²) >= 11 is 3.65. The molecule has 1 aliphatic rings. The SMILES string of the molecule is O=C(NC[C@@H](c1ccco1)N1CCSCC1)c1ccc(-c2ccsc2)cc1. The Morgan fingerprint density at radius 1 is 1.11 bits per heavy atom. The number of hydrogen-bond acceptors (Lipinski definition) is 5. The predicted molar refractivity (Wildman–Crippen MR) is 112 cm³/mol. The van der Waals surface area contributed by atoms with Gasteiger partial charge in [0.2, 0.25) is 0 Å². The summed E-state index contributed by atoms with van der Waals surface area (Å²) in [5, 5.41) is 7.26. The van der Waals surface area contributed by atoms with E-state index in [0.717, 1.165) is 35.9 Å². The molecule has 140 valence electrons. The first-order chi connectivity index (χ1) is 13.3. The largest absolute Gasteiger partial charge is 0.468 e. The molecule has 1 atom stereocenters. The van der Waals surface area contributed by atoms with Crippen LogP contribution < -0.4 is 5.32 Å². The maximum Gasteiger partial charge on any atom is 0.251 e. The first kappa shape index (κ1) is 18.3. The van der Waals surface area contributed by atoms with Gasteiger partial charge in [-0.05, 0) is 52.2 Å². The standard InChI is InChI=1S/C21H22N2O2S2/c24-21(17-5-3-16(4-6-17)18-7-11-27-15-18)22-14-19(20-2-1-10-25-20)23-8-12-26-13-9-23/h1-7,10-11,15,19H,8-9,12-14H2,(H,22,24)/t19-/m0/s1. The molecule has 1 amide bonds. The quantitative estimate of drug-likeness (QED) is 0.663. The molecule has 1 N–H and O–H groups in total. The van der Waals surface area contributed by atoms with Crippen LogP contribution in [0, 0.1) is 0 Å². The summed E-state index contributed by atoms with van der Waals surface area (Å²) in [6, 6.07) is 13.9. The van der Waals surface area contributed by atoms with Gasteiger partial charge in [0.1, 0.15) is 5.76 Å². The van der Waals surface area contributed by atoms with Crippen LogP contribution in [0.5, 0.6) is 0 Å². The third kappa shape index (κ3) is 4.46. The topological polar surface area (TPSA) is 45.5 Å². The molecule has 1 aromatic carbocycles. The van der Waals surface area contributed by atoms with Gasteiger partial charge in [0, 0.05) is 36.7 Å². The first-order valence-corrected chi connectivity index (χ1v) is 11.2. The van der Waals surface area contributed by atoms with Crippen molar-refractivity contribution in [2.24, 2.45) is 0 Å². The van der Waals surface area contributed by atoms with Crippen molar-refractivity contribution in [2.75, 3.05) is 31.1 Å². The monoisotopic (exact) mass is 398 g/mol. The molecule has 1 fully saturated rings. The molecule has 0 radical (unpaired) electrons. The van der Waals surface area contributed by atoms with E-state index < -0.39 is 0 Å². The highest BCUT2D eigenvalue weighted by atomic mass is 32.2. The Morgan fingerprint density at radius 3 is 2.59 bits per heavy atom. The maximum absolute atomic E-state index is 12.6. The summed E-state index contributed by atoms with van der Waals surface area (Å²) in [7, 11) is 0. The van der Waals surface area contributed by atoms with E-state index in [1.807, 2.05) is 48.2 Å². The summed E-state index contributed by atoms with van der Waals surface area (Å²) in [6.45, 7) is 2.58. The van der Waals surface area contributed by atoms with E-state index in [0.29, 0.717) is 12.1 Å². The first-order valence-electron chi connectivity index (χ1n) is 9.07. The van der Waals surface area contributed by atoms with Gasteiger partial charge in [-0.1, -0.05) is 12.1 Å². The number of nitrogens with one attached hydrogen (secondary N) is 1.